The Balaban J connectivity index is 1.35. The van der Waals surface area contributed by atoms with Gasteiger partial charge in [0.25, 0.3) is 0 Å². The fourth-order valence-electron chi connectivity index (χ4n) is 5.39. The quantitative estimate of drug-likeness (QED) is 0.367. The van der Waals surface area contributed by atoms with Crippen molar-refractivity contribution in [1.82, 2.24) is 20.1 Å². The van der Waals surface area contributed by atoms with Crippen molar-refractivity contribution in [3.63, 3.8) is 0 Å². The van der Waals surface area contributed by atoms with Gasteiger partial charge in [0.2, 0.25) is 0 Å². The van der Waals surface area contributed by atoms with E-state index < -0.39 is 12.1 Å². The largest absolute Gasteiger partial charge is 0.497 e. The van der Waals surface area contributed by atoms with Gasteiger partial charge in [-0.25, -0.2) is 4.39 Å². The van der Waals surface area contributed by atoms with E-state index in [1.165, 1.54) is 0 Å². The molecule has 1 N–H and O–H groups in total. The van der Waals surface area contributed by atoms with Crippen molar-refractivity contribution in [1.29, 1.82) is 0 Å². The first-order valence-electron chi connectivity index (χ1n) is 12.8. The highest BCUT2D eigenvalue weighted by Gasteiger charge is 2.30. The van der Waals surface area contributed by atoms with Crippen LogP contribution in [0, 0.1) is 11.8 Å². The monoisotopic (exact) mass is 494 g/mol. The van der Waals surface area contributed by atoms with E-state index in [0.717, 1.165) is 61.9 Å². The molecule has 7 nitrogen and oxygen atoms in total. The van der Waals surface area contributed by atoms with Crippen molar-refractivity contribution in [3.05, 3.63) is 60.0 Å². The second kappa shape index (κ2) is 12.7. The maximum absolute atomic E-state index is 15.5. The Morgan fingerprint density at radius 3 is 2.89 bits per heavy atom. The summed E-state index contributed by atoms with van der Waals surface area (Å²) in [6.07, 6.45) is 7.00. The van der Waals surface area contributed by atoms with Gasteiger partial charge in [-0.3, -0.25) is 9.78 Å². The van der Waals surface area contributed by atoms with Gasteiger partial charge >= 0.3 is 5.97 Å². The third-order valence-corrected chi connectivity index (χ3v) is 7.35. The summed E-state index contributed by atoms with van der Waals surface area (Å²) in [6, 6.07) is 11.2. The van der Waals surface area contributed by atoms with Crippen LogP contribution in [0.15, 0.2) is 48.8 Å². The molecule has 0 saturated carbocycles. The highest BCUT2D eigenvalue weighted by molar-refractivity contribution is 5.83. The summed E-state index contributed by atoms with van der Waals surface area (Å²) in [5.41, 5.74) is 2.39. The van der Waals surface area contributed by atoms with E-state index in [1.807, 2.05) is 30.3 Å². The predicted octanol–water partition coefficient (Wildman–Crippen LogP) is 5.26. The third-order valence-electron chi connectivity index (χ3n) is 7.35. The zero-order chi connectivity index (χ0) is 25.3. The number of carbonyl (C=O) groups is 1. The number of rotatable bonds is 12. The number of carboxylic acid groups (broad SMARTS) is 1. The van der Waals surface area contributed by atoms with E-state index in [2.05, 4.69) is 20.1 Å². The molecule has 192 valence electrons. The minimum absolute atomic E-state index is 0.155. The van der Waals surface area contributed by atoms with Gasteiger partial charge in [-0.05, 0) is 105 Å². The number of alkyl halides is 1. The summed E-state index contributed by atoms with van der Waals surface area (Å²) in [5.74, 6) is 0.493. The maximum Gasteiger partial charge on any atom is 0.303 e. The molecule has 3 heterocycles. The van der Waals surface area contributed by atoms with Gasteiger partial charge < -0.3 is 14.7 Å². The van der Waals surface area contributed by atoms with Crippen LogP contribution in [0.3, 0.4) is 0 Å². The molecule has 0 bridgehead atoms. The first-order valence-corrected chi connectivity index (χ1v) is 12.8. The van der Waals surface area contributed by atoms with E-state index in [-0.39, 0.29) is 12.3 Å². The number of fused-ring (bicyclic) bond motifs is 1. The van der Waals surface area contributed by atoms with E-state index in [1.54, 1.807) is 25.6 Å². The number of pyridine rings is 1. The van der Waals surface area contributed by atoms with E-state index in [9.17, 15) is 9.90 Å². The maximum atomic E-state index is 15.5. The van der Waals surface area contributed by atoms with Gasteiger partial charge in [0.05, 0.1) is 18.3 Å². The molecular formula is C28H35FN4O3. The van der Waals surface area contributed by atoms with Crippen LogP contribution in [0.4, 0.5) is 4.39 Å². The Bertz CT molecular complexity index is 1130. The van der Waals surface area contributed by atoms with Crippen LogP contribution in [0.25, 0.3) is 10.9 Å². The van der Waals surface area contributed by atoms with Gasteiger partial charge in [-0.2, -0.15) is 10.2 Å². The Morgan fingerprint density at radius 1 is 1.22 bits per heavy atom. The van der Waals surface area contributed by atoms with E-state index in [0.29, 0.717) is 30.1 Å². The van der Waals surface area contributed by atoms with Crippen molar-refractivity contribution in [2.45, 2.75) is 51.1 Å². The molecule has 0 radical (unpaired) electrons. The zero-order valence-electron chi connectivity index (χ0n) is 20.9. The van der Waals surface area contributed by atoms with Gasteiger partial charge in [-0.1, -0.05) is 0 Å². The second-order valence-corrected chi connectivity index (χ2v) is 9.69. The third kappa shape index (κ3) is 6.97. The highest BCUT2D eigenvalue weighted by atomic mass is 19.1. The number of likely N-dealkylation sites (tertiary alicyclic amines) is 1. The molecule has 1 aliphatic rings. The Labute approximate surface area is 211 Å². The van der Waals surface area contributed by atoms with Gasteiger partial charge in [0, 0.05) is 30.7 Å². The van der Waals surface area contributed by atoms with Gasteiger partial charge in [-0.15, -0.1) is 0 Å². The number of aliphatic carboxylic acids is 1. The molecule has 0 spiro atoms. The molecule has 3 aromatic rings. The number of aromatic nitrogens is 3. The molecule has 3 atom stereocenters. The number of benzene rings is 1. The number of hydrogen-bond acceptors (Lipinski definition) is 6. The number of halogens is 1. The van der Waals surface area contributed by atoms with Gasteiger partial charge in [0.15, 0.2) is 0 Å². The molecule has 1 fully saturated rings. The van der Waals surface area contributed by atoms with Crippen molar-refractivity contribution in [3.8, 4) is 5.75 Å². The number of carboxylic acids is 1. The Morgan fingerprint density at radius 2 is 2.11 bits per heavy atom. The number of hydrogen-bond donors (Lipinski definition) is 1. The molecule has 0 unspecified atom stereocenters. The predicted molar refractivity (Wildman–Crippen MR) is 137 cm³/mol. The Kier molecular flexibility index (Phi) is 9.17. The molecule has 1 saturated heterocycles. The summed E-state index contributed by atoms with van der Waals surface area (Å²) < 4.78 is 20.8. The van der Waals surface area contributed by atoms with Crippen LogP contribution in [-0.2, 0) is 11.2 Å². The molecule has 1 aliphatic heterocycles. The topological polar surface area (TPSA) is 88.4 Å². The van der Waals surface area contributed by atoms with E-state index >= 15 is 4.39 Å². The fourth-order valence-corrected chi connectivity index (χ4v) is 5.39. The first kappa shape index (κ1) is 25.9. The lowest BCUT2D eigenvalue weighted by atomic mass is 9.79. The minimum Gasteiger partial charge on any atom is -0.497 e. The summed E-state index contributed by atoms with van der Waals surface area (Å²) in [6.45, 7) is 2.77. The average Bonchev–Trinajstić information content (AvgIpc) is 2.91. The lowest BCUT2D eigenvalue weighted by Gasteiger charge is -2.39. The molecule has 0 aliphatic carbocycles. The SMILES string of the molecule is COc1ccc2nccc([C@H](F)CC[C@@H]3CCN(CCCc4cccnn4)C[C@H]3CCC(=O)O)c2c1. The van der Waals surface area contributed by atoms with Crippen LogP contribution in [0.5, 0.6) is 5.75 Å². The normalized spacial score (nSPS) is 19.3. The number of nitrogens with zero attached hydrogens (tertiary/aromatic N) is 4. The Hall–Kier alpha value is -3.13. The number of aryl methyl sites for hydroxylation is 1. The molecule has 2 aromatic heterocycles. The number of ether oxygens (including phenoxy) is 1. The summed E-state index contributed by atoms with van der Waals surface area (Å²) >= 11 is 0. The standard InChI is InChI=1S/C28H35FN4O3/c1-36-23-8-10-27-25(18-23)24(12-15-30-27)26(29)9-6-20-13-17-33(19-21(20)7-11-28(34)35)16-3-5-22-4-2-14-31-32-22/h2,4,8,10,12,14-15,18,20-21,26H,3,5-7,9,11,13,16-17,19H2,1H3,(H,34,35)/t20-,21-,26-/m1/s1. The second-order valence-electron chi connectivity index (χ2n) is 9.69. The summed E-state index contributed by atoms with van der Waals surface area (Å²) in [7, 11) is 1.60. The lowest BCUT2D eigenvalue weighted by Crippen LogP contribution is -2.41. The van der Waals surface area contributed by atoms with Gasteiger partial charge in [0.1, 0.15) is 11.9 Å². The molecule has 0 amide bonds. The van der Waals surface area contributed by atoms with Crippen LogP contribution in [-0.4, -0.2) is 57.9 Å². The van der Waals surface area contributed by atoms with Crippen LogP contribution in [0.1, 0.15) is 56.0 Å². The zero-order valence-corrected chi connectivity index (χ0v) is 20.9. The lowest BCUT2D eigenvalue weighted by molar-refractivity contribution is -0.137. The fraction of sp³-hybridized carbons (Fsp3) is 0.500. The van der Waals surface area contributed by atoms with Crippen molar-refractivity contribution >= 4 is 16.9 Å². The molecule has 4 rings (SSSR count). The number of piperidine rings is 1. The van der Waals surface area contributed by atoms with Crippen LogP contribution < -0.4 is 4.74 Å². The van der Waals surface area contributed by atoms with E-state index in [4.69, 9.17) is 4.74 Å². The number of methoxy groups -OCH3 is 1. The summed E-state index contributed by atoms with van der Waals surface area (Å²) in [5, 5.41) is 18.1. The van der Waals surface area contributed by atoms with Crippen molar-refractivity contribution in [2.75, 3.05) is 26.7 Å². The molecule has 36 heavy (non-hydrogen) atoms. The minimum atomic E-state index is -1.10. The first-order chi connectivity index (χ1) is 17.5. The average molecular weight is 495 g/mol. The molecular weight excluding hydrogens is 459 g/mol. The highest BCUT2D eigenvalue weighted by Crippen LogP contribution is 2.36. The smallest absolute Gasteiger partial charge is 0.303 e. The van der Waals surface area contributed by atoms with Crippen LogP contribution >= 0.6 is 0 Å². The summed E-state index contributed by atoms with van der Waals surface area (Å²) in [4.78, 5) is 18.1. The van der Waals surface area contributed by atoms with Crippen LogP contribution in [0.2, 0.25) is 0 Å². The molecule has 8 heteroatoms. The molecule has 1 aromatic carbocycles. The van der Waals surface area contributed by atoms with Crippen molar-refractivity contribution < 1.29 is 19.0 Å². The van der Waals surface area contributed by atoms with Crippen molar-refractivity contribution in [2.24, 2.45) is 11.8 Å².